The maximum absolute atomic E-state index is 7.05. The smallest absolute Gasteiger partial charge is 0.141 e. The van der Waals surface area contributed by atoms with Crippen LogP contribution >= 0.6 is 0 Å². The van der Waals surface area contributed by atoms with Crippen molar-refractivity contribution < 1.29 is 4.74 Å². The van der Waals surface area contributed by atoms with Crippen molar-refractivity contribution in [2.45, 2.75) is 54.4 Å². The van der Waals surface area contributed by atoms with Crippen LogP contribution in [-0.4, -0.2) is 4.98 Å². The molecular formula is C37H35NO. The molecular weight excluding hydrogens is 474 g/mol. The number of ether oxygens (including phenoxy) is 1. The van der Waals surface area contributed by atoms with Crippen LogP contribution in [0.2, 0.25) is 0 Å². The molecule has 0 amide bonds. The van der Waals surface area contributed by atoms with Crippen molar-refractivity contribution >= 4 is 43.1 Å². The van der Waals surface area contributed by atoms with Gasteiger partial charge >= 0.3 is 0 Å². The van der Waals surface area contributed by atoms with Gasteiger partial charge in [0.15, 0.2) is 0 Å². The standard InChI is InChI=1S/C37H35NO/c1-21(2)17-23-11-13-27-25(18-23)19-31-34-29(27)15-16-38-35(34)32-22(3)26-14-12-24-9-7-8-10-28(24)33(26)30(36(32)39-31)20-37(4,5)6/h7-16,18-19,21H,17,20H2,1-6H3. The van der Waals surface area contributed by atoms with Gasteiger partial charge in [0, 0.05) is 17.3 Å². The first kappa shape index (κ1) is 24.2. The lowest BCUT2D eigenvalue weighted by Gasteiger charge is -2.29. The van der Waals surface area contributed by atoms with E-state index in [2.05, 4.69) is 108 Å². The Balaban J connectivity index is 1.60. The van der Waals surface area contributed by atoms with Crippen molar-refractivity contribution in [3.8, 4) is 22.8 Å². The SMILES string of the molecule is Cc1c2c(c(CC(C)(C)C)c3c1ccc1ccccc13)Oc1cc3cc(CC(C)C)ccc3c3ccnc-2c13. The third-order valence-corrected chi connectivity index (χ3v) is 8.20. The third-order valence-electron chi connectivity index (χ3n) is 8.20. The van der Waals surface area contributed by atoms with Crippen molar-refractivity contribution in [1.29, 1.82) is 0 Å². The Bertz CT molecular complexity index is 1960. The Labute approximate surface area is 230 Å². The van der Waals surface area contributed by atoms with Gasteiger partial charge in [0.1, 0.15) is 11.5 Å². The summed E-state index contributed by atoms with van der Waals surface area (Å²) in [6, 6.07) is 24.6. The average Bonchev–Trinajstić information content (AvgIpc) is 2.89. The molecule has 0 N–H and O–H groups in total. The number of aromatic nitrogens is 1. The number of rotatable bonds is 3. The summed E-state index contributed by atoms with van der Waals surface area (Å²) in [4.78, 5) is 5.03. The number of fused-ring (bicyclic) bond motifs is 7. The fourth-order valence-corrected chi connectivity index (χ4v) is 6.68. The normalized spacial score (nSPS) is 13.0. The molecule has 2 nitrogen and oxygen atoms in total. The van der Waals surface area contributed by atoms with Gasteiger partial charge in [-0.1, -0.05) is 89.2 Å². The summed E-state index contributed by atoms with van der Waals surface area (Å²) in [5, 5.41) is 9.99. The van der Waals surface area contributed by atoms with Gasteiger partial charge in [0.05, 0.1) is 11.1 Å². The molecule has 39 heavy (non-hydrogen) atoms. The molecule has 0 fully saturated rings. The lowest BCUT2D eigenvalue weighted by atomic mass is 9.80. The highest BCUT2D eigenvalue weighted by molar-refractivity contribution is 6.19. The second-order valence-electron chi connectivity index (χ2n) is 13.0. The quantitative estimate of drug-likeness (QED) is 0.221. The van der Waals surface area contributed by atoms with E-state index in [1.807, 2.05) is 6.20 Å². The van der Waals surface area contributed by atoms with E-state index >= 15 is 0 Å². The molecule has 1 aliphatic rings. The zero-order valence-electron chi connectivity index (χ0n) is 23.8. The van der Waals surface area contributed by atoms with Crippen LogP contribution < -0.4 is 4.74 Å². The molecule has 0 saturated carbocycles. The van der Waals surface area contributed by atoms with E-state index < -0.39 is 0 Å². The molecule has 2 heterocycles. The zero-order valence-corrected chi connectivity index (χ0v) is 23.8. The first-order valence-electron chi connectivity index (χ1n) is 14.2. The van der Waals surface area contributed by atoms with E-state index in [1.54, 1.807) is 0 Å². The first-order chi connectivity index (χ1) is 18.7. The van der Waals surface area contributed by atoms with Crippen LogP contribution in [0, 0.1) is 18.3 Å². The molecule has 0 unspecified atom stereocenters. The summed E-state index contributed by atoms with van der Waals surface area (Å²) in [7, 11) is 0. The lowest BCUT2D eigenvalue weighted by molar-refractivity contribution is 0.400. The second-order valence-corrected chi connectivity index (χ2v) is 13.0. The van der Waals surface area contributed by atoms with Crippen molar-refractivity contribution in [2.75, 3.05) is 0 Å². The van der Waals surface area contributed by atoms with Crippen LogP contribution in [0.15, 0.2) is 72.9 Å². The van der Waals surface area contributed by atoms with Gasteiger partial charge in [-0.05, 0) is 92.1 Å². The van der Waals surface area contributed by atoms with E-state index in [0.717, 1.165) is 41.0 Å². The Morgan fingerprint density at radius 3 is 2.38 bits per heavy atom. The number of pyridine rings is 1. The highest BCUT2D eigenvalue weighted by atomic mass is 16.5. The molecule has 2 heteroatoms. The van der Waals surface area contributed by atoms with Crippen LogP contribution in [0.3, 0.4) is 0 Å². The van der Waals surface area contributed by atoms with Crippen LogP contribution in [0.1, 0.15) is 51.3 Å². The van der Waals surface area contributed by atoms with Crippen molar-refractivity contribution in [3.63, 3.8) is 0 Å². The number of hydrogen-bond donors (Lipinski definition) is 0. The fourth-order valence-electron chi connectivity index (χ4n) is 6.68. The molecule has 0 saturated heterocycles. The van der Waals surface area contributed by atoms with Gasteiger partial charge < -0.3 is 4.74 Å². The summed E-state index contributed by atoms with van der Waals surface area (Å²) in [5.74, 6) is 2.52. The molecule has 1 aromatic heterocycles. The van der Waals surface area contributed by atoms with E-state index in [4.69, 9.17) is 9.72 Å². The molecule has 0 aliphatic carbocycles. The number of nitrogens with zero attached hydrogens (tertiary/aromatic N) is 1. The van der Waals surface area contributed by atoms with E-state index in [9.17, 15) is 0 Å². The maximum Gasteiger partial charge on any atom is 0.141 e. The Morgan fingerprint density at radius 1 is 0.795 bits per heavy atom. The Kier molecular flexibility index (Phi) is 5.29. The van der Waals surface area contributed by atoms with Crippen molar-refractivity contribution in [3.05, 3.63) is 89.6 Å². The Morgan fingerprint density at radius 2 is 1.59 bits per heavy atom. The minimum absolute atomic E-state index is 0.0884. The Hall–Kier alpha value is -3.91. The van der Waals surface area contributed by atoms with Gasteiger partial charge in [-0.15, -0.1) is 0 Å². The second kappa shape index (κ2) is 8.55. The van der Waals surface area contributed by atoms with Crippen LogP contribution in [-0.2, 0) is 12.8 Å². The molecule has 0 bridgehead atoms. The number of hydrogen-bond acceptors (Lipinski definition) is 2. The minimum Gasteiger partial charge on any atom is -0.456 e. The summed E-state index contributed by atoms with van der Waals surface area (Å²) in [6.07, 6.45) is 3.96. The topological polar surface area (TPSA) is 22.1 Å². The highest BCUT2D eigenvalue weighted by Gasteiger charge is 2.31. The number of aryl methyl sites for hydroxylation is 1. The average molecular weight is 510 g/mol. The summed E-state index contributed by atoms with van der Waals surface area (Å²) >= 11 is 0. The molecule has 0 atom stereocenters. The highest BCUT2D eigenvalue weighted by Crippen LogP contribution is 2.54. The number of benzene rings is 5. The van der Waals surface area contributed by atoms with Gasteiger partial charge in [0.2, 0.25) is 0 Å². The third kappa shape index (κ3) is 3.80. The summed E-state index contributed by atoms with van der Waals surface area (Å²) < 4.78 is 7.05. The van der Waals surface area contributed by atoms with Crippen LogP contribution in [0.4, 0.5) is 0 Å². The minimum atomic E-state index is 0.0884. The lowest BCUT2D eigenvalue weighted by Crippen LogP contribution is -2.13. The van der Waals surface area contributed by atoms with Crippen LogP contribution in [0.25, 0.3) is 54.3 Å². The molecule has 0 spiro atoms. The molecule has 6 aromatic rings. The molecule has 194 valence electrons. The van der Waals surface area contributed by atoms with Gasteiger partial charge in [-0.3, -0.25) is 4.98 Å². The van der Waals surface area contributed by atoms with Crippen LogP contribution in [0.5, 0.6) is 11.5 Å². The van der Waals surface area contributed by atoms with Gasteiger partial charge in [-0.25, -0.2) is 0 Å². The van der Waals surface area contributed by atoms with Gasteiger partial charge in [0.25, 0.3) is 0 Å². The van der Waals surface area contributed by atoms with E-state index in [1.165, 1.54) is 54.4 Å². The first-order valence-corrected chi connectivity index (χ1v) is 14.2. The largest absolute Gasteiger partial charge is 0.456 e. The molecule has 1 aliphatic heterocycles. The van der Waals surface area contributed by atoms with Gasteiger partial charge in [-0.2, -0.15) is 0 Å². The predicted molar refractivity (Wildman–Crippen MR) is 166 cm³/mol. The molecule has 7 rings (SSSR count). The zero-order chi connectivity index (χ0) is 27.1. The van der Waals surface area contributed by atoms with E-state index in [0.29, 0.717) is 5.92 Å². The van der Waals surface area contributed by atoms with Crippen molar-refractivity contribution in [2.24, 2.45) is 11.3 Å². The molecule has 5 aromatic carbocycles. The van der Waals surface area contributed by atoms with E-state index in [-0.39, 0.29) is 5.41 Å². The fraction of sp³-hybridized carbons (Fsp3) is 0.270. The monoisotopic (exact) mass is 509 g/mol. The molecule has 0 radical (unpaired) electrons. The maximum atomic E-state index is 7.05. The summed E-state index contributed by atoms with van der Waals surface area (Å²) in [6.45, 7) is 13.7. The predicted octanol–water partition coefficient (Wildman–Crippen LogP) is 10.6. The summed E-state index contributed by atoms with van der Waals surface area (Å²) in [5.41, 5.74) is 6.17. The van der Waals surface area contributed by atoms with Crippen molar-refractivity contribution in [1.82, 2.24) is 4.98 Å².